The summed E-state index contributed by atoms with van der Waals surface area (Å²) in [4.78, 5) is 4.71. The van der Waals surface area contributed by atoms with Gasteiger partial charge in [0.05, 0.1) is 6.54 Å². The van der Waals surface area contributed by atoms with Crippen LogP contribution < -0.4 is 0 Å². The number of benzene rings is 1. The molecule has 0 spiro atoms. The highest BCUT2D eigenvalue weighted by Crippen LogP contribution is 2.19. The summed E-state index contributed by atoms with van der Waals surface area (Å²) in [6.07, 6.45) is 3.00. The summed E-state index contributed by atoms with van der Waals surface area (Å²) in [6, 6.07) is 8.35. The summed E-state index contributed by atoms with van der Waals surface area (Å²) in [5.74, 6) is 3.69. The van der Waals surface area contributed by atoms with Gasteiger partial charge in [-0.2, -0.15) is 16.9 Å². The molecule has 0 bridgehead atoms. The lowest BCUT2D eigenvalue weighted by Gasteiger charge is -2.05. The van der Waals surface area contributed by atoms with Crippen molar-refractivity contribution in [2.24, 2.45) is 0 Å². The van der Waals surface area contributed by atoms with Crippen LogP contribution in [-0.4, -0.2) is 47.0 Å². The summed E-state index contributed by atoms with van der Waals surface area (Å²) >= 11 is 1.81. The maximum Gasteiger partial charge on any atom is 0.158 e. The van der Waals surface area contributed by atoms with E-state index < -0.39 is 0 Å². The van der Waals surface area contributed by atoms with E-state index in [1.807, 2.05) is 23.4 Å². The van der Waals surface area contributed by atoms with Crippen LogP contribution in [0.3, 0.4) is 0 Å². The molecule has 24 heavy (non-hydrogen) atoms. The standard InChI is InChI=1S/C16H21N7S/c1-4-22-16(17-15(19-22)9-10-24-3)14-7-5-13(6-8-14)11-23-12(2)18-20-21-23/h5-8H,4,9-11H2,1-3H3. The molecule has 0 fully saturated rings. The topological polar surface area (TPSA) is 74.3 Å². The van der Waals surface area contributed by atoms with E-state index in [9.17, 15) is 0 Å². The number of rotatable bonds is 7. The molecule has 7 nitrogen and oxygen atoms in total. The Labute approximate surface area is 145 Å². The third-order valence-corrected chi connectivity index (χ3v) is 4.41. The Hall–Kier alpha value is -2.22. The van der Waals surface area contributed by atoms with Crippen LogP contribution in [0, 0.1) is 6.92 Å². The second-order valence-electron chi connectivity index (χ2n) is 5.49. The molecule has 0 aliphatic heterocycles. The fraction of sp³-hybridized carbons (Fsp3) is 0.438. The molecule has 0 aliphatic rings. The van der Waals surface area contributed by atoms with Crippen molar-refractivity contribution < 1.29 is 0 Å². The van der Waals surface area contributed by atoms with Crippen LogP contribution in [-0.2, 0) is 19.5 Å². The van der Waals surface area contributed by atoms with E-state index in [-0.39, 0.29) is 0 Å². The molecule has 8 heteroatoms. The van der Waals surface area contributed by atoms with Crippen LogP contribution in [0.15, 0.2) is 24.3 Å². The van der Waals surface area contributed by atoms with Crippen molar-refractivity contribution in [1.82, 2.24) is 35.0 Å². The van der Waals surface area contributed by atoms with Crippen LogP contribution >= 0.6 is 11.8 Å². The van der Waals surface area contributed by atoms with Gasteiger partial charge in [-0.25, -0.2) is 14.3 Å². The zero-order chi connectivity index (χ0) is 16.9. The molecule has 3 rings (SSSR count). The van der Waals surface area contributed by atoms with Crippen LogP contribution in [0.1, 0.15) is 24.1 Å². The number of tetrazole rings is 1. The molecular weight excluding hydrogens is 322 g/mol. The smallest absolute Gasteiger partial charge is 0.158 e. The Kier molecular flexibility index (Phi) is 5.24. The van der Waals surface area contributed by atoms with Crippen molar-refractivity contribution in [2.75, 3.05) is 12.0 Å². The average Bonchev–Trinajstić information content (AvgIpc) is 3.20. The van der Waals surface area contributed by atoms with Gasteiger partial charge in [0.1, 0.15) is 5.82 Å². The lowest BCUT2D eigenvalue weighted by molar-refractivity contribution is 0.633. The summed E-state index contributed by atoms with van der Waals surface area (Å²) in [7, 11) is 0. The highest BCUT2D eigenvalue weighted by Gasteiger charge is 2.11. The molecule has 0 saturated carbocycles. The minimum atomic E-state index is 0.665. The van der Waals surface area contributed by atoms with Gasteiger partial charge in [0, 0.05) is 24.3 Å². The number of hydrogen-bond acceptors (Lipinski definition) is 6. The van der Waals surface area contributed by atoms with E-state index in [1.165, 1.54) is 0 Å². The molecule has 0 atom stereocenters. The molecule has 0 aliphatic carbocycles. The van der Waals surface area contributed by atoms with E-state index in [0.29, 0.717) is 6.54 Å². The predicted octanol–water partition coefficient (Wildman–Crippen LogP) is 2.21. The Morgan fingerprint density at radius 3 is 2.54 bits per heavy atom. The Morgan fingerprint density at radius 2 is 1.92 bits per heavy atom. The lowest BCUT2D eigenvalue weighted by atomic mass is 10.1. The Morgan fingerprint density at radius 1 is 1.12 bits per heavy atom. The number of thioether (sulfide) groups is 1. The van der Waals surface area contributed by atoms with Crippen molar-refractivity contribution in [3.63, 3.8) is 0 Å². The first-order valence-electron chi connectivity index (χ1n) is 7.96. The fourth-order valence-electron chi connectivity index (χ4n) is 2.45. The van der Waals surface area contributed by atoms with Crippen LogP contribution in [0.4, 0.5) is 0 Å². The summed E-state index contributed by atoms with van der Waals surface area (Å²) in [5.41, 5.74) is 2.23. The quantitative estimate of drug-likeness (QED) is 0.655. The maximum atomic E-state index is 4.71. The zero-order valence-electron chi connectivity index (χ0n) is 14.2. The van der Waals surface area contributed by atoms with E-state index in [4.69, 9.17) is 4.98 Å². The van der Waals surface area contributed by atoms with Gasteiger partial charge in [0.15, 0.2) is 11.6 Å². The van der Waals surface area contributed by atoms with E-state index in [1.54, 1.807) is 4.68 Å². The summed E-state index contributed by atoms with van der Waals surface area (Å²) < 4.78 is 3.75. The van der Waals surface area contributed by atoms with Crippen LogP contribution in [0.25, 0.3) is 11.4 Å². The van der Waals surface area contributed by atoms with Gasteiger partial charge in [-0.05, 0) is 36.1 Å². The zero-order valence-corrected chi connectivity index (χ0v) is 15.0. The van der Waals surface area contributed by atoms with E-state index in [2.05, 4.69) is 58.1 Å². The largest absolute Gasteiger partial charge is 0.246 e. The normalized spacial score (nSPS) is 11.1. The van der Waals surface area contributed by atoms with Gasteiger partial charge >= 0.3 is 0 Å². The first-order chi connectivity index (χ1) is 11.7. The molecule has 0 radical (unpaired) electrons. The molecule has 2 heterocycles. The van der Waals surface area contributed by atoms with Gasteiger partial charge in [-0.1, -0.05) is 24.3 Å². The van der Waals surface area contributed by atoms with Crippen molar-refractivity contribution in [2.45, 2.75) is 33.4 Å². The minimum absolute atomic E-state index is 0.665. The lowest BCUT2D eigenvalue weighted by Crippen LogP contribution is -2.04. The average molecular weight is 343 g/mol. The monoisotopic (exact) mass is 343 g/mol. The Bertz CT molecular complexity index is 791. The third-order valence-electron chi connectivity index (χ3n) is 3.80. The summed E-state index contributed by atoms with van der Waals surface area (Å²) in [5, 5.41) is 16.2. The van der Waals surface area contributed by atoms with Crippen molar-refractivity contribution >= 4 is 11.8 Å². The van der Waals surface area contributed by atoms with Crippen LogP contribution in [0.2, 0.25) is 0 Å². The van der Waals surface area contributed by atoms with Crippen LogP contribution in [0.5, 0.6) is 0 Å². The summed E-state index contributed by atoms with van der Waals surface area (Å²) in [6.45, 7) is 5.46. The maximum absolute atomic E-state index is 4.71. The highest BCUT2D eigenvalue weighted by molar-refractivity contribution is 7.98. The van der Waals surface area contributed by atoms with Gasteiger partial charge in [-0.3, -0.25) is 0 Å². The first-order valence-corrected chi connectivity index (χ1v) is 9.35. The SMILES string of the molecule is CCn1nc(CCSC)nc1-c1ccc(Cn2nnnc2C)cc1. The number of nitrogens with zero attached hydrogens (tertiary/aromatic N) is 7. The number of aromatic nitrogens is 7. The molecule has 0 amide bonds. The fourth-order valence-corrected chi connectivity index (χ4v) is 2.84. The molecule has 0 N–H and O–H groups in total. The van der Waals surface area contributed by atoms with Gasteiger partial charge in [0.2, 0.25) is 0 Å². The first kappa shape index (κ1) is 16.6. The van der Waals surface area contributed by atoms with E-state index in [0.717, 1.165) is 47.3 Å². The second-order valence-corrected chi connectivity index (χ2v) is 6.48. The highest BCUT2D eigenvalue weighted by atomic mass is 32.2. The molecule has 126 valence electrons. The molecule has 1 aromatic carbocycles. The molecule has 2 aromatic heterocycles. The van der Waals surface area contributed by atoms with Crippen molar-refractivity contribution in [3.8, 4) is 11.4 Å². The molecular formula is C16H21N7S. The Balaban J connectivity index is 1.80. The molecule has 0 saturated heterocycles. The van der Waals surface area contributed by atoms with E-state index >= 15 is 0 Å². The number of hydrogen-bond donors (Lipinski definition) is 0. The van der Waals surface area contributed by atoms with Crippen molar-refractivity contribution in [1.29, 1.82) is 0 Å². The van der Waals surface area contributed by atoms with Gasteiger partial charge in [-0.15, -0.1) is 5.10 Å². The van der Waals surface area contributed by atoms with Gasteiger partial charge in [0.25, 0.3) is 0 Å². The minimum Gasteiger partial charge on any atom is -0.246 e. The second kappa shape index (κ2) is 7.57. The third kappa shape index (κ3) is 3.64. The van der Waals surface area contributed by atoms with Crippen molar-refractivity contribution in [3.05, 3.63) is 41.5 Å². The number of aryl methyl sites for hydroxylation is 3. The molecule has 3 aromatic rings. The predicted molar refractivity (Wildman–Crippen MR) is 94.9 cm³/mol. The van der Waals surface area contributed by atoms with Gasteiger partial charge < -0.3 is 0 Å². The molecule has 0 unspecified atom stereocenters.